The van der Waals surface area contributed by atoms with E-state index in [4.69, 9.17) is 0 Å². The molecule has 2 aromatic heterocycles. The van der Waals surface area contributed by atoms with Crippen molar-refractivity contribution < 1.29 is 4.79 Å². The molecule has 1 aromatic carbocycles. The molecule has 0 atom stereocenters. The highest BCUT2D eigenvalue weighted by Gasteiger charge is 2.06. The third-order valence-corrected chi connectivity index (χ3v) is 4.16. The highest BCUT2D eigenvalue weighted by atomic mass is 79.9. The van der Waals surface area contributed by atoms with Gasteiger partial charge in [-0.25, -0.2) is 4.98 Å². The van der Waals surface area contributed by atoms with Gasteiger partial charge in [0, 0.05) is 29.4 Å². The molecule has 0 aliphatic rings. The number of thiazole rings is 1. The zero-order valence-corrected chi connectivity index (χ0v) is 13.5. The number of aryl methyl sites for hydroxylation is 1. The molecule has 3 aromatic rings. The van der Waals surface area contributed by atoms with E-state index in [9.17, 15) is 4.79 Å². The van der Waals surface area contributed by atoms with Crippen molar-refractivity contribution in [2.45, 2.75) is 0 Å². The second-order valence-corrected chi connectivity index (χ2v) is 6.35. The Morgan fingerprint density at radius 3 is 3.10 bits per heavy atom. The van der Waals surface area contributed by atoms with E-state index >= 15 is 0 Å². The lowest BCUT2D eigenvalue weighted by Gasteiger charge is -1.94. The van der Waals surface area contributed by atoms with Crippen molar-refractivity contribution in [3.05, 3.63) is 46.7 Å². The monoisotopic (exact) mass is 362 g/mol. The maximum Gasteiger partial charge on any atom is 0.250 e. The molecule has 0 spiro atoms. The van der Waals surface area contributed by atoms with Crippen LogP contribution in [0.1, 0.15) is 5.56 Å². The number of rotatable bonds is 3. The van der Waals surface area contributed by atoms with Crippen molar-refractivity contribution in [2.24, 2.45) is 7.05 Å². The van der Waals surface area contributed by atoms with E-state index in [0.717, 1.165) is 20.3 Å². The van der Waals surface area contributed by atoms with Crippen molar-refractivity contribution in [1.82, 2.24) is 14.8 Å². The SMILES string of the molecule is Cn1cc(/C=C/C(=O)Nc2nc3ccc(Br)cc3s2)cn1. The summed E-state index contributed by atoms with van der Waals surface area (Å²) < 4.78 is 3.70. The third-order valence-electron chi connectivity index (χ3n) is 2.73. The molecule has 0 saturated carbocycles. The van der Waals surface area contributed by atoms with Crippen LogP contribution in [0.4, 0.5) is 5.13 Å². The lowest BCUT2D eigenvalue weighted by atomic mass is 10.3. The highest BCUT2D eigenvalue weighted by Crippen LogP contribution is 2.28. The summed E-state index contributed by atoms with van der Waals surface area (Å²) in [4.78, 5) is 16.2. The zero-order chi connectivity index (χ0) is 14.8. The van der Waals surface area contributed by atoms with E-state index in [1.165, 1.54) is 17.4 Å². The van der Waals surface area contributed by atoms with E-state index in [-0.39, 0.29) is 5.91 Å². The summed E-state index contributed by atoms with van der Waals surface area (Å²) in [5, 5.41) is 7.39. The van der Waals surface area contributed by atoms with Gasteiger partial charge in [-0.1, -0.05) is 27.3 Å². The number of hydrogen-bond donors (Lipinski definition) is 1. The minimum absolute atomic E-state index is 0.211. The van der Waals surface area contributed by atoms with Gasteiger partial charge in [0.2, 0.25) is 5.91 Å². The van der Waals surface area contributed by atoms with Crippen LogP contribution in [0.5, 0.6) is 0 Å². The Balaban J connectivity index is 1.72. The number of nitrogens with one attached hydrogen (secondary N) is 1. The van der Waals surface area contributed by atoms with Crippen LogP contribution in [0.25, 0.3) is 16.3 Å². The van der Waals surface area contributed by atoms with Crippen LogP contribution in [-0.4, -0.2) is 20.7 Å². The Kier molecular flexibility index (Phi) is 3.85. The number of amides is 1. The Labute approximate surface area is 133 Å². The number of halogens is 1. The molecule has 0 radical (unpaired) electrons. The standard InChI is InChI=1S/C14H11BrN4OS/c1-19-8-9(7-16-19)2-5-13(20)18-14-17-11-4-3-10(15)6-12(11)21-14/h2-8H,1H3,(H,17,18,20)/b5-2+. The first-order valence-corrected chi connectivity index (χ1v) is 7.75. The maximum absolute atomic E-state index is 11.9. The number of carbonyl (C=O) groups excluding carboxylic acids is 1. The lowest BCUT2D eigenvalue weighted by molar-refractivity contribution is -0.111. The summed E-state index contributed by atoms with van der Waals surface area (Å²) in [6, 6.07) is 5.82. The van der Waals surface area contributed by atoms with Gasteiger partial charge < -0.3 is 0 Å². The molecular weight excluding hydrogens is 352 g/mol. The summed E-state index contributed by atoms with van der Waals surface area (Å²) in [5.41, 5.74) is 1.75. The molecule has 2 heterocycles. The van der Waals surface area contributed by atoms with E-state index in [2.05, 4.69) is 31.3 Å². The minimum Gasteiger partial charge on any atom is -0.298 e. The second kappa shape index (κ2) is 5.79. The van der Waals surface area contributed by atoms with Gasteiger partial charge in [-0.15, -0.1) is 0 Å². The predicted octanol–water partition coefficient (Wildman–Crippen LogP) is 3.44. The summed E-state index contributed by atoms with van der Waals surface area (Å²) in [5.74, 6) is -0.211. The van der Waals surface area contributed by atoms with E-state index in [0.29, 0.717) is 5.13 Å². The van der Waals surface area contributed by atoms with Gasteiger partial charge in [0.15, 0.2) is 5.13 Å². The van der Waals surface area contributed by atoms with E-state index in [1.807, 2.05) is 31.4 Å². The van der Waals surface area contributed by atoms with Gasteiger partial charge in [-0.05, 0) is 24.3 Å². The molecule has 5 nitrogen and oxygen atoms in total. The molecular formula is C14H11BrN4OS. The first-order valence-electron chi connectivity index (χ1n) is 6.14. The minimum atomic E-state index is -0.211. The zero-order valence-electron chi connectivity index (χ0n) is 11.1. The molecule has 1 N–H and O–H groups in total. The third kappa shape index (κ3) is 3.37. The average Bonchev–Trinajstić information content (AvgIpc) is 3.01. The summed E-state index contributed by atoms with van der Waals surface area (Å²) in [7, 11) is 1.83. The van der Waals surface area contributed by atoms with Crippen LogP contribution in [0.2, 0.25) is 0 Å². The normalized spacial score (nSPS) is 11.3. The fourth-order valence-electron chi connectivity index (χ4n) is 1.80. The Hall–Kier alpha value is -1.99. The van der Waals surface area contributed by atoms with Crippen LogP contribution < -0.4 is 5.32 Å². The van der Waals surface area contributed by atoms with Gasteiger partial charge in [-0.3, -0.25) is 14.8 Å². The summed E-state index contributed by atoms with van der Waals surface area (Å²) >= 11 is 4.86. The number of benzene rings is 1. The van der Waals surface area contributed by atoms with Crippen LogP contribution in [0, 0.1) is 0 Å². The number of aromatic nitrogens is 3. The molecule has 0 unspecified atom stereocenters. The first kappa shape index (κ1) is 14.0. The molecule has 21 heavy (non-hydrogen) atoms. The number of anilines is 1. The van der Waals surface area contributed by atoms with Gasteiger partial charge in [-0.2, -0.15) is 5.10 Å². The maximum atomic E-state index is 11.9. The summed E-state index contributed by atoms with van der Waals surface area (Å²) in [6.07, 6.45) is 6.71. The van der Waals surface area contributed by atoms with Crippen LogP contribution in [0.3, 0.4) is 0 Å². The largest absolute Gasteiger partial charge is 0.298 e. The first-order chi connectivity index (χ1) is 10.1. The lowest BCUT2D eigenvalue weighted by Crippen LogP contribution is -2.07. The topological polar surface area (TPSA) is 59.8 Å². The van der Waals surface area contributed by atoms with Gasteiger partial charge >= 0.3 is 0 Å². The fourth-order valence-corrected chi connectivity index (χ4v) is 3.22. The second-order valence-electron chi connectivity index (χ2n) is 4.40. The van der Waals surface area contributed by atoms with Gasteiger partial charge in [0.1, 0.15) is 0 Å². The van der Waals surface area contributed by atoms with Gasteiger partial charge in [0.25, 0.3) is 0 Å². The quantitative estimate of drug-likeness (QED) is 0.726. The van der Waals surface area contributed by atoms with Crippen LogP contribution >= 0.6 is 27.3 Å². The molecule has 0 bridgehead atoms. The average molecular weight is 363 g/mol. The van der Waals surface area contributed by atoms with Crippen LogP contribution in [0.15, 0.2) is 41.1 Å². The summed E-state index contributed by atoms with van der Waals surface area (Å²) in [6.45, 7) is 0. The van der Waals surface area contributed by atoms with Gasteiger partial charge in [0.05, 0.1) is 16.4 Å². The van der Waals surface area contributed by atoms with Crippen molar-refractivity contribution in [3.8, 4) is 0 Å². The van der Waals surface area contributed by atoms with Crippen molar-refractivity contribution in [2.75, 3.05) is 5.32 Å². The molecule has 0 saturated heterocycles. The molecule has 3 rings (SSSR count). The van der Waals surface area contributed by atoms with E-state index < -0.39 is 0 Å². The van der Waals surface area contributed by atoms with E-state index in [1.54, 1.807) is 17.0 Å². The fraction of sp³-hybridized carbons (Fsp3) is 0.0714. The predicted molar refractivity (Wildman–Crippen MR) is 88.2 cm³/mol. The van der Waals surface area contributed by atoms with Crippen LogP contribution in [-0.2, 0) is 11.8 Å². The molecule has 7 heteroatoms. The number of carbonyl (C=O) groups is 1. The smallest absolute Gasteiger partial charge is 0.250 e. The Morgan fingerprint density at radius 1 is 1.48 bits per heavy atom. The molecule has 0 aliphatic carbocycles. The highest BCUT2D eigenvalue weighted by molar-refractivity contribution is 9.10. The Bertz CT molecular complexity index is 836. The number of fused-ring (bicyclic) bond motifs is 1. The van der Waals surface area contributed by atoms with Crippen molar-refractivity contribution in [1.29, 1.82) is 0 Å². The number of nitrogens with zero attached hydrogens (tertiary/aromatic N) is 3. The molecule has 106 valence electrons. The van der Waals surface area contributed by atoms with Crippen molar-refractivity contribution in [3.63, 3.8) is 0 Å². The number of hydrogen-bond acceptors (Lipinski definition) is 4. The van der Waals surface area contributed by atoms with Crippen molar-refractivity contribution >= 4 is 54.6 Å². The Morgan fingerprint density at radius 2 is 2.33 bits per heavy atom. The molecule has 1 amide bonds. The molecule has 0 fully saturated rings. The molecule has 0 aliphatic heterocycles.